The number of nitrogens with zero attached hydrogens (tertiary/aromatic N) is 4. The number of hydrogen-bond donors (Lipinski definition) is 0. The Morgan fingerprint density at radius 3 is 2.20 bits per heavy atom. The second-order valence-electron chi connectivity index (χ2n) is 7.83. The maximum absolute atomic E-state index is 13.6. The molecule has 0 aliphatic carbocycles. The van der Waals surface area contributed by atoms with Gasteiger partial charge < -0.3 is 14.4 Å². The highest BCUT2D eigenvalue weighted by molar-refractivity contribution is 7.23. The molecule has 30 heavy (non-hydrogen) atoms. The lowest BCUT2D eigenvalue weighted by Gasteiger charge is -2.21. The minimum Gasteiger partial charge on any atom is -0.481 e. The van der Waals surface area contributed by atoms with Gasteiger partial charge in [0.1, 0.15) is 5.82 Å². The van der Waals surface area contributed by atoms with Crippen molar-refractivity contribution < 1.29 is 14.3 Å². The van der Waals surface area contributed by atoms with Crippen molar-refractivity contribution in [2.24, 2.45) is 0 Å². The molecule has 0 saturated heterocycles. The highest BCUT2D eigenvalue weighted by Gasteiger charge is 2.32. The van der Waals surface area contributed by atoms with Crippen molar-refractivity contribution in [2.75, 3.05) is 26.2 Å². The Hall–Kier alpha value is -2.78. The van der Waals surface area contributed by atoms with E-state index in [-0.39, 0.29) is 5.91 Å². The van der Waals surface area contributed by atoms with E-state index in [0.29, 0.717) is 35.3 Å². The van der Waals surface area contributed by atoms with Crippen LogP contribution in [0.4, 0.5) is 5.69 Å². The third-order valence-electron chi connectivity index (χ3n) is 4.58. The van der Waals surface area contributed by atoms with Gasteiger partial charge >= 0.3 is 0 Å². The Morgan fingerprint density at radius 2 is 1.67 bits per heavy atom. The zero-order valence-electron chi connectivity index (χ0n) is 18.1. The van der Waals surface area contributed by atoms with E-state index in [1.165, 1.54) is 11.5 Å². The van der Waals surface area contributed by atoms with Gasteiger partial charge in [0.15, 0.2) is 0 Å². The van der Waals surface area contributed by atoms with E-state index < -0.39 is 8.07 Å². The summed E-state index contributed by atoms with van der Waals surface area (Å²) < 4.78 is 16.2. The van der Waals surface area contributed by atoms with Gasteiger partial charge in [0.2, 0.25) is 11.8 Å². The molecule has 0 aliphatic rings. The lowest BCUT2D eigenvalue weighted by molar-refractivity contribution is 0.0993. The van der Waals surface area contributed by atoms with Crippen molar-refractivity contribution in [3.05, 3.63) is 53.5 Å². The van der Waals surface area contributed by atoms with Gasteiger partial charge in [0, 0.05) is 17.2 Å². The van der Waals surface area contributed by atoms with Crippen LogP contribution >= 0.6 is 11.5 Å². The largest absolute Gasteiger partial charge is 0.481 e. The summed E-state index contributed by atoms with van der Waals surface area (Å²) in [6.07, 6.45) is 0.318. The van der Waals surface area contributed by atoms with E-state index in [1.807, 2.05) is 30.3 Å². The number of methoxy groups -OCH3 is 2. The summed E-state index contributed by atoms with van der Waals surface area (Å²) >= 11 is 1.41. The van der Waals surface area contributed by atoms with Gasteiger partial charge in [-0.05, 0) is 23.7 Å². The first-order chi connectivity index (χ1) is 14.2. The minimum absolute atomic E-state index is 0.0720. The number of carbonyl (C=O) groups excluding carboxylic acids is 1. The molecule has 0 spiro atoms. The van der Waals surface area contributed by atoms with Crippen LogP contribution in [0.2, 0.25) is 19.6 Å². The summed E-state index contributed by atoms with van der Waals surface area (Å²) in [5, 5.41) is 0. The first kappa shape index (κ1) is 21.9. The Bertz CT molecular complexity index is 1010. The quantitative estimate of drug-likeness (QED) is 0.522. The summed E-state index contributed by atoms with van der Waals surface area (Å²) in [6.45, 7) is 6.65. The fourth-order valence-corrected chi connectivity index (χ4v) is 5.89. The third-order valence-corrected chi connectivity index (χ3v) is 9.00. The summed E-state index contributed by atoms with van der Waals surface area (Å²) in [5.41, 5.74) is 2.18. The predicted molar refractivity (Wildman–Crippen MR) is 122 cm³/mol. The predicted octanol–water partition coefficient (Wildman–Crippen LogP) is 3.36. The topological polar surface area (TPSA) is 77.4 Å². The number of anilines is 1. The molecule has 0 aliphatic heterocycles. The Labute approximate surface area is 181 Å². The maximum atomic E-state index is 13.6. The molecule has 0 N–H and O–H groups in total. The molecule has 2 heterocycles. The van der Waals surface area contributed by atoms with Gasteiger partial charge in [-0.25, -0.2) is 0 Å². The SMILES string of the molecule is COc1cc(OC)nc(Cc2nsc([Si](C)(C)C)c2C(=O)N(C)c2ccccc2)n1. The van der Waals surface area contributed by atoms with Gasteiger partial charge in [-0.3, -0.25) is 4.79 Å². The molecule has 0 atom stereocenters. The smallest absolute Gasteiger partial charge is 0.260 e. The zero-order chi connectivity index (χ0) is 21.9. The molecule has 158 valence electrons. The fourth-order valence-electron chi connectivity index (χ4n) is 3.00. The van der Waals surface area contributed by atoms with Crippen LogP contribution in [-0.4, -0.2) is 49.6 Å². The minimum atomic E-state index is -1.80. The summed E-state index contributed by atoms with van der Waals surface area (Å²) in [4.78, 5) is 24.0. The number of para-hydroxylation sites is 1. The van der Waals surface area contributed by atoms with Crippen LogP contribution in [-0.2, 0) is 6.42 Å². The number of ether oxygens (including phenoxy) is 2. The Balaban J connectivity index is 2.04. The van der Waals surface area contributed by atoms with Crippen LogP contribution in [0.15, 0.2) is 36.4 Å². The van der Waals surface area contributed by atoms with Crippen LogP contribution in [0, 0.1) is 0 Å². The molecule has 7 nitrogen and oxygen atoms in total. The molecule has 2 aromatic heterocycles. The van der Waals surface area contributed by atoms with Gasteiger partial charge in [0.05, 0.1) is 46.0 Å². The van der Waals surface area contributed by atoms with E-state index in [9.17, 15) is 4.79 Å². The van der Waals surface area contributed by atoms with E-state index in [2.05, 4.69) is 34.0 Å². The molecule has 3 aromatic rings. The number of rotatable bonds is 7. The van der Waals surface area contributed by atoms with Gasteiger partial charge in [-0.1, -0.05) is 37.8 Å². The zero-order valence-corrected chi connectivity index (χ0v) is 19.9. The van der Waals surface area contributed by atoms with Crippen molar-refractivity contribution in [1.82, 2.24) is 14.3 Å². The second kappa shape index (κ2) is 8.93. The molecule has 0 unspecified atom stereocenters. The fraction of sp³-hybridized carbons (Fsp3) is 0.333. The second-order valence-corrected chi connectivity index (χ2v) is 14.0. The number of aromatic nitrogens is 3. The molecule has 0 saturated carbocycles. The van der Waals surface area contributed by atoms with Gasteiger partial charge in [-0.2, -0.15) is 14.3 Å². The Morgan fingerprint density at radius 1 is 1.07 bits per heavy atom. The number of amides is 1. The van der Waals surface area contributed by atoms with Gasteiger partial charge in [0.25, 0.3) is 5.91 Å². The molecule has 0 bridgehead atoms. The van der Waals surface area contributed by atoms with E-state index in [1.54, 1.807) is 32.2 Å². The monoisotopic (exact) mass is 442 g/mol. The summed E-state index contributed by atoms with van der Waals surface area (Å²) in [7, 11) is 3.08. The van der Waals surface area contributed by atoms with E-state index in [4.69, 9.17) is 9.47 Å². The highest BCUT2D eigenvalue weighted by atomic mass is 32.1. The standard InChI is InChI=1S/C21H26N4O3SSi/c1-25(14-10-8-7-9-11-14)20(26)19-15(24-29-21(19)30(4,5)6)12-16-22-17(27-2)13-18(23-16)28-3/h7-11,13H,12H2,1-6H3. The number of carbonyl (C=O) groups is 1. The van der Waals surface area contributed by atoms with Crippen LogP contribution in [0.1, 0.15) is 21.9 Å². The van der Waals surface area contributed by atoms with E-state index >= 15 is 0 Å². The van der Waals surface area contributed by atoms with Crippen LogP contribution in [0.25, 0.3) is 0 Å². The van der Waals surface area contributed by atoms with Gasteiger partial charge in [-0.15, -0.1) is 0 Å². The molecular formula is C21H26N4O3SSi. The molecular weight excluding hydrogens is 416 g/mol. The highest BCUT2D eigenvalue weighted by Crippen LogP contribution is 2.23. The average Bonchev–Trinajstić information content (AvgIpc) is 3.16. The summed E-state index contributed by atoms with van der Waals surface area (Å²) in [5.74, 6) is 1.24. The Kier molecular flexibility index (Phi) is 6.52. The average molecular weight is 443 g/mol. The first-order valence-corrected chi connectivity index (χ1v) is 13.8. The molecule has 0 radical (unpaired) electrons. The molecule has 0 fully saturated rings. The van der Waals surface area contributed by atoms with Crippen LogP contribution in [0.3, 0.4) is 0 Å². The lowest BCUT2D eigenvalue weighted by atomic mass is 10.1. The van der Waals surface area contributed by atoms with Crippen molar-refractivity contribution in [2.45, 2.75) is 26.1 Å². The lowest BCUT2D eigenvalue weighted by Crippen LogP contribution is -2.42. The third kappa shape index (κ3) is 4.68. The number of hydrogen-bond acceptors (Lipinski definition) is 7. The first-order valence-electron chi connectivity index (χ1n) is 9.52. The van der Waals surface area contributed by atoms with Crippen molar-refractivity contribution in [1.29, 1.82) is 0 Å². The van der Waals surface area contributed by atoms with E-state index in [0.717, 1.165) is 10.2 Å². The normalized spacial score (nSPS) is 11.3. The number of benzene rings is 1. The van der Waals surface area contributed by atoms with Crippen molar-refractivity contribution >= 4 is 35.7 Å². The molecule has 9 heteroatoms. The van der Waals surface area contributed by atoms with Crippen molar-refractivity contribution in [3.63, 3.8) is 0 Å². The van der Waals surface area contributed by atoms with Crippen LogP contribution in [0.5, 0.6) is 11.8 Å². The summed E-state index contributed by atoms with van der Waals surface area (Å²) in [6, 6.07) is 11.2. The molecule has 3 rings (SSSR count). The molecule has 1 amide bonds. The van der Waals surface area contributed by atoms with Crippen LogP contribution < -0.4 is 18.9 Å². The van der Waals surface area contributed by atoms with Crippen molar-refractivity contribution in [3.8, 4) is 11.8 Å². The maximum Gasteiger partial charge on any atom is 0.260 e. The molecule has 1 aromatic carbocycles.